The predicted molar refractivity (Wildman–Crippen MR) is 66.6 cm³/mol. The second-order valence-corrected chi connectivity index (χ2v) is 6.08. The van der Waals surface area contributed by atoms with Crippen LogP contribution in [-0.4, -0.2) is 40.7 Å². The summed E-state index contributed by atoms with van der Waals surface area (Å²) in [6.45, 7) is 12.0. The van der Waals surface area contributed by atoms with Gasteiger partial charge in [-0.2, -0.15) is 0 Å². The highest BCUT2D eigenvalue weighted by atomic mass is 28.4. The Morgan fingerprint density at radius 3 is 2.24 bits per heavy atom. The maximum atomic E-state index is 11.0. The van der Waals surface area contributed by atoms with Crippen LogP contribution in [0.1, 0.15) is 20.8 Å². The third kappa shape index (κ3) is 7.27. The molecule has 0 aliphatic rings. The first kappa shape index (κ1) is 16.3. The largest absolute Gasteiger partial charge is 0.497 e. The monoisotopic (exact) mass is 262 g/mol. The Kier molecular flexibility index (Phi) is 8.06. The Balaban J connectivity index is 4.11. The van der Waals surface area contributed by atoms with Crippen molar-refractivity contribution in [3.63, 3.8) is 0 Å². The Morgan fingerprint density at radius 1 is 1.29 bits per heavy atom. The molecule has 0 radical (unpaired) electrons. The van der Waals surface area contributed by atoms with E-state index in [0.717, 1.165) is 6.08 Å². The first-order valence-corrected chi connectivity index (χ1v) is 7.94. The summed E-state index contributed by atoms with van der Waals surface area (Å²) in [6, 6.07) is 0. The van der Waals surface area contributed by atoms with Gasteiger partial charge in [0.05, 0.1) is 6.61 Å². The summed E-state index contributed by atoms with van der Waals surface area (Å²) in [5, 5.41) is 0. The molecule has 0 heterocycles. The van der Waals surface area contributed by atoms with Gasteiger partial charge in [-0.05, 0) is 20.8 Å². The average Bonchev–Trinajstić information content (AvgIpc) is 2.27. The van der Waals surface area contributed by atoms with Gasteiger partial charge >= 0.3 is 14.8 Å². The third-order valence-corrected chi connectivity index (χ3v) is 4.19. The van der Waals surface area contributed by atoms with Crippen molar-refractivity contribution < 1.29 is 22.8 Å². The summed E-state index contributed by atoms with van der Waals surface area (Å²) in [5.74, 6) is -0.461. The molecule has 0 saturated heterocycles. The van der Waals surface area contributed by atoms with E-state index in [2.05, 4.69) is 6.58 Å². The van der Waals surface area contributed by atoms with Gasteiger partial charge in [-0.1, -0.05) is 6.58 Å². The molecular formula is C11H22O5Si. The highest BCUT2D eigenvalue weighted by molar-refractivity contribution is 6.59. The number of hydrogen-bond donors (Lipinski definition) is 0. The lowest BCUT2D eigenvalue weighted by Gasteiger charge is -2.26. The van der Waals surface area contributed by atoms with Gasteiger partial charge in [0.15, 0.2) is 0 Å². The molecule has 0 bridgehead atoms. The minimum absolute atomic E-state index is 0.252. The zero-order valence-electron chi connectivity index (χ0n) is 11.0. The lowest BCUT2D eigenvalue weighted by Crippen LogP contribution is -2.44. The van der Waals surface area contributed by atoms with Gasteiger partial charge in [0, 0.05) is 25.8 Å². The van der Waals surface area contributed by atoms with Gasteiger partial charge in [-0.15, -0.1) is 0 Å². The van der Waals surface area contributed by atoms with Crippen molar-refractivity contribution in [2.24, 2.45) is 0 Å². The first-order chi connectivity index (χ1) is 7.97. The highest BCUT2D eigenvalue weighted by Gasteiger charge is 2.34. The molecule has 6 heteroatoms. The van der Waals surface area contributed by atoms with Gasteiger partial charge in [0.2, 0.25) is 0 Å². The summed E-state index contributed by atoms with van der Waals surface area (Å²) >= 11 is 0. The molecule has 1 atom stereocenters. The molecule has 0 aromatic heterocycles. The molecule has 0 aliphatic carbocycles. The maximum absolute atomic E-state index is 11.0. The van der Waals surface area contributed by atoms with Gasteiger partial charge in [0.1, 0.15) is 6.10 Å². The second kappa shape index (κ2) is 8.41. The number of esters is 1. The lowest BCUT2D eigenvalue weighted by molar-refractivity contribution is -0.144. The SMILES string of the molecule is C=CC(=O)OC(C)CO[Si](C)(OCC)OCC. The van der Waals surface area contributed by atoms with Crippen molar-refractivity contribution in [1.29, 1.82) is 0 Å². The maximum Gasteiger partial charge on any atom is 0.497 e. The molecule has 0 fully saturated rings. The standard InChI is InChI=1S/C11H22O5Si/c1-6-11(12)16-10(4)9-15-17(5,13-7-2)14-8-3/h6,10H,1,7-9H2,2-5H3. The molecule has 0 rings (SSSR count). The fourth-order valence-electron chi connectivity index (χ4n) is 1.20. The van der Waals surface area contributed by atoms with E-state index in [1.165, 1.54) is 0 Å². The van der Waals surface area contributed by atoms with E-state index in [1.54, 1.807) is 6.92 Å². The van der Waals surface area contributed by atoms with Crippen molar-refractivity contribution in [2.75, 3.05) is 19.8 Å². The summed E-state index contributed by atoms with van der Waals surface area (Å²) in [7, 11) is -2.59. The Morgan fingerprint density at radius 2 is 1.82 bits per heavy atom. The van der Waals surface area contributed by atoms with E-state index in [1.807, 2.05) is 20.4 Å². The van der Waals surface area contributed by atoms with E-state index >= 15 is 0 Å². The molecule has 17 heavy (non-hydrogen) atoms. The smallest absolute Gasteiger partial charge is 0.457 e. The van der Waals surface area contributed by atoms with Crippen LogP contribution < -0.4 is 0 Å². The minimum Gasteiger partial charge on any atom is -0.457 e. The molecule has 0 aliphatic heterocycles. The van der Waals surface area contributed by atoms with E-state index in [4.69, 9.17) is 18.0 Å². The molecule has 0 aromatic carbocycles. The average molecular weight is 262 g/mol. The van der Waals surface area contributed by atoms with Crippen LogP contribution in [0.4, 0.5) is 0 Å². The Bertz CT molecular complexity index is 238. The molecule has 1 unspecified atom stereocenters. The number of hydrogen-bond acceptors (Lipinski definition) is 5. The van der Waals surface area contributed by atoms with E-state index in [9.17, 15) is 4.79 Å². The molecule has 0 spiro atoms. The summed E-state index contributed by atoms with van der Waals surface area (Å²) in [6.07, 6.45) is 0.770. The Labute approximate surface area is 104 Å². The fraction of sp³-hybridized carbons (Fsp3) is 0.727. The molecular weight excluding hydrogens is 240 g/mol. The second-order valence-electron chi connectivity index (χ2n) is 3.49. The van der Waals surface area contributed by atoms with Crippen molar-refractivity contribution in [2.45, 2.75) is 33.4 Å². The number of carbonyl (C=O) groups is 1. The van der Waals surface area contributed by atoms with Crippen molar-refractivity contribution in [1.82, 2.24) is 0 Å². The van der Waals surface area contributed by atoms with Gasteiger partial charge < -0.3 is 18.0 Å². The molecule has 100 valence electrons. The van der Waals surface area contributed by atoms with Crippen molar-refractivity contribution in [3.8, 4) is 0 Å². The van der Waals surface area contributed by atoms with Crippen LogP contribution in [0.25, 0.3) is 0 Å². The molecule has 0 saturated carbocycles. The predicted octanol–water partition coefficient (Wildman–Crippen LogP) is 1.76. The lowest BCUT2D eigenvalue weighted by atomic mass is 10.4. The topological polar surface area (TPSA) is 54.0 Å². The van der Waals surface area contributed by atoms with E-state index < -0.39 is 14.8 Å². The molecule has 0 aromatic rings. The van der Waals surface area contributed by atoms with Crippen LogP contribution in [0, 0.1) is 0 Å². The number of carbonyl (C=O) groups excluding carboxylic acids is 1. The quantitative estimate of drug-likeness (QED) is 0.360. The normalized spacial score (nSPS) is 13.2. The Hall–Kier alpha value is -0.693. The van der Waals surface area contributed by atoms with Crippen LogP contribution in [0.3, 0.4) is 0 Å². The third-order valence-electron chi connectivity index (χ3n) is 1.88. The van der Waals surface area contributed by atoms with Crippen LogP contribution in [0.2, 0.25) is 6.55 Å². The van der Waals surface area contributed by atoms with E-state index in [-0.39, 0.29) is 12.7 Å². The molecule has 0 N–H and O–H groups in total. The van der Waals surface area contributed by atoms with Crippen molar-refractivity contribution >= 4 is 14.8 Å². The summed E-state index contributed by atoms with van der Waals surface area (Å²) in [4.78, 5) is 11.0. The molecule has 0 amide bonds. The number of ether oxygens (including phenoxy) is 1. The van der Waals surface area contributed by atoms with Gasteiger partial charge in [-0.3, -0.25) is 0 Å². The molecule has 5 nitrogen and oxygen atoms in total. The highest BCUT2D eigenvalue weighted by Crippen LogP contribution is 2.10. The van der Waals surface area contributed by atoms with E-state index in [0.29, 0.717) is 13.2 Å². The van der Waals surface area contributed by atoms with Crippen molar-refractivity contribution in [3.05, 3.63) is 12.7 Å². The zero-order valence-corrected chi connectivity index (χ0v) is 12.0. The first-order valence-electron chi connectivity index (χ1n) is 5.72. The number of rotatable bonds is 9. The van der Waals surface area contributed by atoms with Crippen LogP contribution in [0.5, 0.6) is 0 Å². The summed E-state index contributed by atoms with van der Waals surface area (Å²) in [5.41, 5.74) is 0. The van der Waals surface area contributed by atoms with Gasteiger partial charge in [0.25, 0.3) is 0 Å². The minimum atomic E-state index is -2.59. The van der Waals surface area contributed by atoms with Gasteiger partial charge in [-0.25, -0.2) is 4.79 Å². The van der Waals surface area contributed by atoms with Crippen LogP contribution >= 0.6 is 0 Å². The summed E-state index contributed by atoms with van der Waals surface area (Å²) < 4.78 is 21.6. The van der Waals surface area contributed by atoms with Crippen LogP contribution in [0.15, 0.2) is 12.7 Å². The fourth-order valence-corrected chi connectivity index (χ4v) is 3.03. The van der Waals surface area contributed by atoms with Crippen LogP contribution in [-0.2, 0) is 22.8 Å². The zero-order chi connectivity index (χ0) is 13.3.